The van der Waals surface area contributed by atoms with Crippen molar-refractivity contribution in [2.45, 2.75) is 32.5 Å². The van der Waals surface area contributed by atoms with Crippen LogP contribution in [0.25, 0.3) is 0 Å². The largest absolute Gasteiger partial charge is 0.361 e. The molecule has 1 aromatic heterocycles. The molecule has 148 valence electrons. The maximum atomic E-state index is 13.1. The minimum atomic E-state index is -0.224. The molecule has 3 aromatic rings. The summed E-state index contributed by atoms with van der Waals surface area (Å²) in [6, 6.07) is 14.5. The molecule has 2 aromatic carbocycles. The molecule has 1 fully saturated rings. The highest BCUT2D eigenvalue weighted by Crippen LogP contribution is 2.28. The monoisotopic (exact) mass is 390 g/mol. The van der Waals surface area contributed by atoms with Crippen molar-refractivity contribution in [3.05, 3.63) is 82.9 Å². The molecule has 1 amide bonds. The second-order valence-corrected chi connectivity index (χ2v) is 7.83. The molecule has 29 heavy (non-hydrogen) atoms. The lowest BCUT2D eigenvalue weighted by Gasteiger charge is -2.20. The quantitative estimate of drug-likeness (QED) is 0.680. The van der Waals surface area contributed by atoms with Gasteiger partial charge < -0.3 is 9.80 Å². The summed E-state index contributed by atoms with van der Waals surface area (Å²) < 4.78 is 15.0. The summed E-state index contributed by atoms with van der Waals surface area (Å²) in [5, 5.41) is 4.71. The fourth-order valence-electron chi connectivity index (χ4n) is 4.19. The van der Waals surface area contributed by atoms with E-state index in [2.05, 4.69) is 17.2 Å². The predicted octanol–water partition coefficient (Wildman–Crippen LogP) is 3.83. The van der Waals surface area contributed by atoms with Crippen LogP contribution in [0.5, 0.6) is 0 Å². The van der Waals surface area contributed by atoms with Gasteiger partial charge in [-0.05, 0) is 48.7 Å². The Morgan fingerprint density at radius 3 is 2.59 bits per heavy atom. The first kappa shape index (κ1) is 17.9. The van der Waals surface area contributed by atoms with Gasteiger partial charge in [-0.15, -0.1) is 0 Å². The number of hydrogen-bond acceptors (Lipinski definition) is 3. The Labute approximate surface area is 169 Å². The summed E-state index contributed by atoms with van der Waals surface area (Å²) in [7, 11) is 0. The fourth-order valence-corrected chi connectivity index (χ4v) is 4.19. The number of carbonyl (C=O) groups excluding carboxylic acids is 1. The van der Waals surface area contributed by atoms with Crippen LogP contribution >= 0.6 is 0 Å². The SMILES string of the molecule is O=C(c1cccc(N2Cc3cn(Cc4ccc(F)cc4)nc3C2)c1)N1CCCC1. The molecular formula is C23H23FN4O. The van der Waals surface area contributed by atoms with Gasteiger partial charge in [-0.25, -0.2) is 4.39 Å². The van der Waals surface area contributed by atoms with E-state index in [0.717, 1.165) is 61.5 Å². The Balaban J connectivity index is 1.28. The standard InChI is InChI=1S/C23H23FN4O/c24-20-8-6-17(7-9-20)13-28-15-19-14-27(16-22(19)25-28)21-5-3-4-18(12-21)23(29)26-10-1-2-11-26/h3-9,12,15H,1-2,10-11,13-14,16H2. The molecule has 0 unspecified atom stereocenters. The second kappa shape index (κ2) is 7.35. The number of hydrogen-bond donors (Lipinski definition) is 0. The van der Waals surface area contributed by atoms with Crippen molar-refractivity contribution in [2.24, 2.45) is 0 Å². The number of benzene rings is 2. The number of anilines is 1. The molecule has 5 rings (SSSR count). The molecule has 0 atom stereocenters. The minimum Gasteiger partial charge on any atom is -0.361 e. The van der Waals surface area contributed by atoms with Gasteiger partial charge in [-0.3, -0.25) is 9.48 Å². The number of rotatable bonds is 4. The molecule has 2 aliphatic heterocycles. The average Bonchev–Trinajstić information content (AvgIpc) is 3.46. The summed E-state index contributed by atoms with van der Waals surface area (Å²) in [6.07, 6.45) is 4.26. The van der Waals surface area contributed by atoms with Gasteiger partial charge in [0.05, 0.1) is 18.8 Å². The van der Waals surface area contributed by atoms with E-state index in [1.54, 1.807) is 12.1 Å². The number of likely N-dealkylation sites (tertiary alicyclic amines) is 1. The van der Waals surface area contributed by atoms with Crippen molar-refractivity contribution in [1.82, 2.24) is 14.7 Å². The van der Waals surface area contributed by atoms with E-state index in [0.29, 0.717) is 6.54 Å². The summed E-state index contributed by atoms with van der Waals surface area (Å²) in [4.78, 5) is 16.9. The Morgan fingerprint density at radius 2 is 1.83 bits per heavy atom. The van der Waals surface area contributed by atoms with E-state index >= 15 is 0 Å². The first-order chi connectivity index (χ1) is 14.2. The highest BCUT2D eigenvalue weighted by Gasteiger charge is 2.25. The Hall–Kier alpha value is -3.15. The van der Waals surface area contributed by atoms with Gasteiger partial charge in [0.2, 0.25) is 0 Å². The van der Waals surface area contributed by atoms with Crippen LogP contribution in [0.15, 0.2) is 54.7 Å². The van der Waals surface area contributed by atoms with Crippen LogP contribution in [-0.4, -0.2) is 33.7 Å². The van der Waals surface area contributed by atoms with Crippen LogP contribution in [0.4, 0.5) is 10.1 Å². The number of carbonyl (C=O) groups is 1. The lowest BCUT2D eigenvalue weighted by Crippen LogP contribution is -2.27. The van der Waals surface area contributed by atoms with Gasteiger partial charge in [0, 0.05) is 42.6 Å². The Bertz CT molecular complexity index is 1010. The first-order valence-corrected chi connectivity index (χ1v) is 10.1. The van der Waals surface area contributed by atoms with Crippen LogP contribution in [-0.2, 0) is 19.6 Å². The molecule has 2 aliphatic rings. The molecule has 6 heteroatoms. The molecule has 1 saturated heterocycles. The van der Waals surface area contributed by atoms with Gasteiger partial charge in [0.1, 0.15) is 5.82 Å². The molecule has 5 nitrogen and oxygen atoms in total. The van der Waals surface area contributed by atoms with Crippen LogP contribution < -0.4 is 4.90 Å². The molecule has 0 bridgehead atoms. The van der Waals surface area contributed by atoms with Gasteiger partial charge in [-0.1, -0.05) is 18.2 Å². The van der Waals surface area contributed by atoms with Crippen LogP contribution in [0, 0.1) is 5.82 Å². The average molecular weight is 390 g/mol. The first-order valence-electron chi connectivity index (χ1n) is 10.1. The number of aromatic nitrogens is 2. The lowest BCUT2D eigenvalue weighted by atomic mass is 10.1. The second-order valence-electron chi connectivity index (χ2n) is 7.83. The zero-order valence-corrected chi connectivity index (χ0v) is 16.2. The third-order valence-electron chi connectivity index (χ3n) is 5.74. The topological polar surface area (TPSA) is 41.4 Å². The number of amides is 1. The Kier molecular flexibility index (Phi) is 4.54. The molecular weight excluding hydrogens is 367 g/mol. The molecule has 3 heterocycles. The molecule has 0 spiro atoms. The summed E-state index contributed by atoms with van der Waals surface area (Å²) in [6.45, 7) is 3.86. The third kappa shape index (κ3) is 3.62. The maximum Gasteiger partial charge on any atom is 0.253 e. The van der Waals surface area contributed by atoms with E-state index in [9.17, 15) is 9.18 Å². The van der Waals surface area contributed by atoms with Crippen LogP contribution in [0.1, 0.15) is 40.0 Å². The number of halogens is 1. The van der Waals surface area contributed by atoms with Crippen LogP contribution in [0.2, 0.25) is 0 Å². The highest BCUT2D eigenvalue weighted by molar-refractivity contribution is 5.95. The van der Waals surface area contributed by atoms with Crippen molar-refractivity contribution in [2.75, 3.05) is 18.0 Å². The van der Waals surface area contributed by atoms with Crippen molar-refractivity contribution >= 4 is 11.6 Å². The van der Waals surface area contributed by atoms with E-state index in [1.807, 2.05) is 27.8 Å². The summed E-state index contributed by atoms with van der Waals surface area (Å²) in [5.74, 6) is -0.0939. The van der Waals surface area contributed by atoms with Crippen molar-refractivity contribution in [3.63, 3.8) is 0 Å². The van der Waals surface area contributed by atoms with Gasteiger partial charge >= 0.3 is 0 Å². The van der Waals surface area contributed by atoms with E-state index < -0.39 is 0 Å². The smallest absolute Gasteiger partial charge is 0.253 e. The van der Waals surface area contributed by atoms with Crippen molar-refractivity contribution in [1.29, 1.82) is 0 Å². The van der Waals surface area contributed by atoms with Crippen molar-refractivity contribution in [3.8, 4) is 0 Å². The zero-order chi connectivity index (χ0) is 19.8. The van der Waals surface area contributed by atoms with Gasteiger partial charge in [-0.2, -0.15) is 5.10 Å². The normalized spacial score (nSPS) is 15.8. The molecule has 0 radical (unpaired) electrons. The van der Waals surface area contributed by atoms with Crippen LogP contribution in [0.3, 0.4) is 0 Å². The van der Waals surface area contributed by atoms with Gasteiger partial charge in [0.25, 0.3) is 5.91 Å². The lowest BCUT2D eigenvalue weighted by molar-refractivity contribution is 0.0793. The molecule has 0 aliphatic carbocycles. The Morgan fingerprint density at radius 1 is 1.03 bits per heavy atom. The highest BCUT2D eigenvalue weighted by atomic mass is 19.1. The maximum absolute atomic E-state index is 13.1. The predicted molar refractivity (Wildman–Crippen MR) is 109 cm³/mol. The summed E-state index contributed by atoms with van der Waals surface area (Å²) in [5.41, 5.74) is 5.10. The number of fused-ring (bicyclic) bond motifs is 1. The van der Waals surface area contributed by atoms with Gasteiger partial charge in [0.15, 0.2) is 0 Å². The van der Waals surface area contributed by atoms with Crippen molar-refractivity contribution < 1.29 is 9.18 Å². The molecule has 0 N–H and O–H groups in total. The summed E-state index contributed by atoms with van der Waals surface area (Å²) >= 11 is 0. The minimum absolute atomic E-state index is 0.130. The molecule has 0 saturated carbocycles. The van der Waals surface area contributed by atoms with E-state index in [4.69, 9.17) is 5.10 Å². The third-order valence-corrected chi connectivity index (χ3v) is 5.74. The number of nitrogens with zero attached hydrogens (tertiary/aromatic N) is 4. The zero-order valence-electron chi connectivity index (χ0n) is 16.2. The van der Waals surface area contributed by atoms with E-state index in [1.165, 1.54) is 17.7 Å². The van der Waals surface area contributed by atoms with E-state index in [-0.39, 0.29) is 11.7 Å². The fraction of sp³-hybridized carbons (Fsp3) is 0.304.